The molecule has 1 N–H and O–H groups in total. The summed E-state index contributed by atoms with van der Waals surface area (Å²) in [5.41, 5.74) is 3.78. The minimum absolute atomic E-state index is 0.0228. The summed E-state index contributed by atoms with van der Waals surface area (Å²) in [6, 6.07) is 8.39. The Labute approximate surface area is 129 Å². The van der Waals surface area contributed by atoms with Crippen molar-refractivity contribution in [2.75, 3.05) is 6.54 Å². The van der Waals surface area contributed by atoms with E-state index in [4.69, 9.17) is 0 Å². The number of aryl methyl sites for hydroxylation is 1. The maximum absolute atomic E-state index is 11.7. The third-order valence-electron chi connectivity index (χ3n) is 3.32. The zero-order valence-corrected chi connectivity index (χ0v) is 13.5. The zero-order valence-electron chi connectivity index (χ0n) is 11.9. The third-order valence-corrected chi connectivity index (χ3v) is 4.26. The number of rotatable bonds is 4. The van der Waals surface area contributed by atoms with Gasteiger partial charge in [-0.05, 0) is 51.4 Å². The minimum atomic E-state index is -0.0228. The first-order valence-corrected chi connectivity index (χ1v) is 7.80. The molecule has 0 saturated carbocycles. The van der Waals surface area contributed by atoms with Crippen molar-refractivity contribution in [1.29, 1.82) is 0 Å². The number of hydrogen-bond donors (Lipinski definition) is 1. The molecule has 1 aliphatic carbocycles. The number of hydrogen-bond acceptors (Lipinski definition) is 1. The van der Waals surface area contributed by atoms with Gasteiger partial charge in [-0.3, -0.25) is 4.79 Å². The summed E-state index contributed by atoms with van der Waals surface area (Å²) in [7, 11) is 0. The van der Waals surface area contributed by atoms with Crippen molar-refractivity contribution in [3.63, 3.8) is 0 Å². The van der Waals surface area contributed by atoms with Crippen molar-refractivity contribution in [2.24, 2.45) is 5.92 Å². The van der Waals surface area contributed by atoms with Crippen LogP contribution in [0.3, 0.4) is 0 Å². The number of nitrogens with one attached hydrogen (secondary N) is 1. The van der Waals surface area contributed by atoms with Crippen LogP contribution in [0.15, 0.2) is 42.0 Å². The van der Waals surface area contributed by atoms with E-state index in [1.165, 1.54) is 16.7 Å². The summed E-state index contributed by atoms with van der Waals surface area (Å²) in [5.74, 6) is 0.449. The van der Waals surface area contributed by atoms with Gasteiger partial charge in [0.25, 0.3) is 0 Å². The Balaban J connectivity index is 2.08. The van der Waals surface area contributed by atoms with Crippen LogP contribution in [0.25, 0.3) is 4.48 Å². The van der Waals surface area contributed by atoms with Gasteiger partial charge in [0.1, 0.15) is 0 Å². The van der Waals surface area contributed by atoms with E-state index in [1.807, 2.05) is 12.1 Å². The lowest BCUT2D eigenvalue weighted by atomic mass is 9.92. The van der Waals surface area contributed by atoms with Crippen LogP contribution in [-0.4, -0.2) is 12.5 Å². The molecule has 20 heavy (non-hydrogen) atoms. The minimum Gasteiger partial charge on any atom is -0.352 e. The Kier molecular flexibility index (Phi) is 5.18. The highest BCUT2D eigenvalue weighted by Crippen LogP contribution is 2.35. The SMILES string of the molecule is CC(C)CNC(=O)/C=C/C1=C(Br)c2ccccc2CC1. The van der Waals surface area contributed by atoms with Gasteiger partial charge < -0.3 is 5.32 Å². The molecule has 106 valence electrons. The number of halogens is 1. The maximum Gasteiger partial charge on any atom is 0.243 e. The molecule has 2 rings (SSSR count). The fourth-order valence-electron chi connectivity index (χ4n) is 2.20. The van der Waals surface area contributed by atoms with Crippen LogP contribution in [0.1, 0.15) is 31.4 Å². The molecule has 0 bridgehead atoms. The van der Waals surface area contributed by atoms with Crippen LogP contribution in [0.5, 0.6) is 0 Å². The first kappa shape index (κ1) is 15.0. The standard InChI is InChI=1S/C17H20BrNO/c1-12(2)11-19-16(20)10-9-14-8-7-13-5-3-4-6-15(13)17(14)18/h3-6,9-10,12H,7-8,11H2,1-2H3,(H,19,20)/b10-9+. The van der Waals surface area contributed by atoms with Crippen LogP contribution in [0.2, 0.25) is 0 Å². The summed E-state index contributed by atoms with van der Waals surface area (Å²) >= 11 is 3.66. The summed E-state index contributed by atoms with van der Waals surface area (Å²) in [5, 5.41) is 2.89. The lowest BCUT2D eigenvalue weighted by molar-refractivity contribution is -0.116. The lowest BCUT2D eigenvalue weighted by Gasteiger charge is -2.17. The fourth-order valence-corrected chi connectivity index (χ4v) is 2.92. The van der Waals surface area contributed by atoms with Gasteiger partial charge in [0, 0.05) is 17.1 Å². The van der Waals surface area contributed by atoms with Crippen molar-refractivity contribution in [1.82, 2.24) is 5.32 Å². The van der Waals surface area contributed by atoms with Gasteiger partial charge in [0.15, 0.2) is 0 Å². The number of fused-ring (bicyclic) bond motifs is 1. The third kappa shape index (κ3) is 3.83. The highest BCUT2D eigenvalue weighted by Gasteiger charge is 2.14. The number of allylic oxidation sites excluding steroid dienone is 2. The smallest absolute Gasteiger partial charge is 0.243 e. The van der Waals surface area contributed by atoms with Crippen LogP contribution in [0, 0.1) is 5.92 Å². The molecule has 1 aromatic carbocycles. The van der Waals surface area contributed by atoms with E-state index in [0.717, 1.165) is 17.3 Å². The fraction of sp³-hybridized carbons (Fsp3) is 0.353. The second kappa shape index (κ2) is 6.89. The van der Waals surface area contributed by atoms with Crippen molar-refractivity contribution in [3.8, 4) is 0 Å². The second-order valence-corrected chi connectivity index (χ2v) is 6.26. The van der Waals surface area contributed by atoms with Crippen LogP contribution >= 0.6 is 15.9 Å². The molecular formula is C17H20BrNO. The predicted molar refractivity (Wildman–Crippen MR) is 87.6 cm³/mol. The van der Waals surface area contributed by atoms with Gasteiger partial charge in [-0.2, -0.15) is 0 Å². The summed E-state index contributed by atoms with van der Waals surface area (Å²) in [6.07, 6.45) is 5.55. The van der Waals surface area contributed by atoms with Crippen LogP contribution in [0.4, 0.5) is 0 Å². The van der Waals surface area contributed by atoms with Gasteiger partial charge in [-0.15, -0.1) is 0 Å². The van der Waals surface area contributed by atoms with E-state index >= 15 is 0 Å². The highest BCUT2D eigenvalue weighted by molar-refractivity contribution is 9.15. The van der Waals surface area contributed by atoms with Crippen LogP contribution in [-0.2, 0) is 11.2 Å². The Hall–Kier alpha value is -1.35. The molecule has 1 aliphatic rings. The van der Waals surface area contributed by atoms with Crippen molar-refractivity contribution >= 4 is 26.3 Å². The number of benzene rings is 1. The molecule has 0 aromatic heterocycles. The molecule has 0 aliphatic heterocycles. The molecular weight excluding hydrogens is 314 g/mol. The normalized spacial score (nSPS) is 14.8. The Morgan fingerprint density at radius 1 is 1.35 bits per heavy atom. The number of amides is 1. The zero-order chi connectivity index (χ0) is 14.5. The molecule has 0 heterocycles. The van der Waals surface area contributed by atoms with Gasteiger partial charge >= 0.3 is 0 Å². The van der Waals surface area contributed by atoms with Gasteiger partial charge in [-0.25, -0.2) is 0 Å². The van der Waals surface area contributed by atoms with Crippen molar-refractivity contribution in [2.45, 2.75) is 26.7 Å². The topological polar surface area (TPSA) is 29.1 Å². The maximum atomic E-state index is 11.7. The molecule has 1 amide bonds. The Morgan fingerprint density at radius 2 is 2.10 bits per heavy atom. The predicted octanol–water partition coefficient (Wildman–Crippen LogP) is 4.07. The molecule has 0 saturated heterocycles. The second-order valence-electron chi connectivity index (χ2n) is 5.47. The molecule has 2 nitrogen and oxygen atoms in total. The van der Waals surface area contributed by atoms with E-state index in [-0.39, 0.29) is 5.91 Å². The average molecular weight is 334 g/mol. The first-order chi connectivity index (χ1) is 9.58. The van der Waals surface area contributed by atoms with E-state index in [0.29, 0.717) is 12.5 Å². The number of carbonyl (C=O) groups is 1. The molecule has 0 unspecified atom stereocenters. The molecule has 0 atom stereocenters. The van der Waals surface area contributed by atoms with E-state index < -0.39 is 0 Å². The molecule has 3 heteroatoms. The summed E-state index contributed by atoms with van der Waals surface area (Å²) in [6.45, 7) is 4.88. The summed E-state index contributed by atoms with van der Waals surface area (Å²) in [4.78, 5) is 11.7. The number of carbonyl (C=O) groups excluding carboxylic acids is 1. The first-order valence-electron chi connectivity index (χ1n) is 7.00. The van der Waals surface area contributed by atoms with Gasteiger partial charge in [0.2, 0.25) is 5.91 Å². The lowest BCUT2D eigenvalue weighted by Crippen LogP contribution is -2.25. The van der Waals surface area contributed by atoms with E-state index in [2.05, 4.69) is 53.3 Å². The van der Waals surface area contributed by atoms with Gasteiger partial charge in [-0.1, -0.05) is 44.2 Å². The summed E-state index contributed by atoms with van der Waals surface area (Å²) < 4.78 is 1.10. The van der Waals surface area contributed by atoms with Crippen LogP contribution < -0.4 is 5.32 Å². The molecule has 0 fully saturated rings. The average Bonchev–Trinajstić information content (AvgIpc) is 2.44. The largest absolute Gasteiger partial charge is 0.352 e. The van der Waals surface area contributed by atoms with Crippen molar-refractivity contribution < 1.29 is 4.79 Å². The van der Waals surface area contributed by atoms with Gasteiger partial charge in [0.05, 0.1) is 0 Å². The van der Waals surface area contributed by atoms with Crippen molar-refractivity contribution in [3.05, 3.63) is 53.1 Å². The molecule has 0 spiro atoms. The van der Waals surface area contributed by atoms with E-state index in [9.17, 15) is 4.79 Å². The van der Waals surface area contributed by atoms with E-state index in [1.54, 1.807) is 6.08 Å². The highest BCUT2D eigenvalue weighted by atomic mass is 79.9. The molecule has 0 radical (unpaired) electrons. The molecule has 1 aromatic rings. The quantitative estimate of drug-likeness (QED) is 0.827. The monoisotopic (exact) mass is 333 g/mol. The Morgan fingerprint density at radius 3 is 2.85 bits per heavy atom. The Bertz CT molecular complexity index is 558.